The molecule has 1 unspecified atom stereocenters. The Bertz CT molecular complexity index is 394. The molecule has 1 N–H and O–H groups in total. The van der Waals surface area contributed by atoms with Crippen LogP contribution in [0.2, 0.25) is 0 Å². The first-order valence-corrected chi connectivity index (χ1v) is 6.45. The number of para-hydroxylation sites is 1. The molecule has 3 nitrogen and oxygen atoms in total. The molecule has 2 atom stereocenters. The maximum Gasteiger partial charge on any atom is 0.122 e. The van der Waals surface area contributed by atoms with Gasteiger partial charge in [-0.15, -0.1) is 0 Å². The van der Waals surface area contributed by atoms with Gasteiger partial charge in [-0.05, 0) is 24.5 Å². The van der Waals surface area contributed by atoms with Gasteiger partial charge in [0.05, 0.1) is 12.7 Å². The number of hydrogen-bond donors (Lipinski definition) is 1. The third-order valence-corrected chi connectivity index (χ3v) is 3.81. The van der Waals surface area contributed by atoms with Crippen LogP contribution in [0, 0.1) is 0 Å². The quantitative estimate of drug-likeness (QED) is 0.842. The van der Waals surface area contributed by atoms with Gasteiger partial charge in [0, 0.05) is 25.6 Å². The van der Waals surface area contributed by atoms with Crippen LogP contribution in [0.3, 0.4) is 0 Å². The molecule has 2 aliphatic heterocycles. The van der Waals surface area contributed by atoms with Crippen molar-refractivity contribution in [1.29, 1.82) is 0 Å². The Kier molecular flexibility index (Phi) is 3.04. The number of benzene rings is 1. The van der Waals surface area contributed by atoms with E-state index in [1.165, 1.54) is 5.56 Å². The summed E-state index contributed by atoms with van der Waals surface area (Å²) in [5.74, 6) is 1.61. The van der Waals surface area contributed by atoms with Gasteiger partial charge in [-0.3, -0.25) is 0 Å². The van der Waals surface area contributed by atoms with E-state index in [1.807, 2.05) is 6.07 Å². The largest absolute Gasteiger partial charge is 0.493 e. The number of likely N-dealkylation sites (tertiary alicyclic amines) is 1. The van der Waals surface area contributed by atoms with Crippen LogP contribution < -0.4 is 4.74 Å². The van der Waals surface area contributed by atoms with Crippen LogP contribution in [0.25, 0.3) is 0 Å². The van der Waals surface area contributed by atoms with E-state index in [4.69, 9.17) is 4.74 Å². The monoisotopic (exact) mass is 233 g/mol. The second kappa shape index (κ2) is 4.67. The lowest BCUT2D eigenvalue weighted by Crippen LogP contribution is -2.30. The fraction of sp³-hybridized carbons (Fsp3) is 0.571. The van der Waals surface area contributed by atoms with E-state index in [0.717, 1.165) is 44.8 Å². The molecule has 2 aliphatic rings. The van der Waals surface area contributed by atoms with Gasteiger partial charge in [-0.25, -0.2) is 0 Å². The van der Waals surface area contributed by atoms with Gasteiger partial charge in [0.1, 0.15) is 5.75 Å². The minimum Gasteiger partial charge on any atom is -0.493 e. The summed E-state index contributed by atoms with van der Waals surface area (Å²) in [6.07, 6.45) is 1.89. The molecule has 0 spiro atoms. The second-order valence-corrected chi connectivity index (χ2v) is 5.07. The van der Waals surface area contributed by atoms with Gasteiger partial charge in [0.15, 0.2) is 0 Å². The zero-order valence-corrected chi connectivity index (χ0v) is 10.0. The molecule has 3 rings (SSSR count). The first-order chi connectivity index (χ1) is 8.33. The molecular weight excluding hydrogens is 214 g/mol. The SMILES string of the molecule is O[C@H]1CCN(CC2CCOc3ccccc32)C1. The van der Waals surface area contributed by atoms with Crippen molar-refractivity contribution in [2.45, 2.75) is 24.9 Å². The lowest BCUT2D eigenvalue weighted by atomic mass is 9.93. The maximum atomic E-state index is 9.56. The van der Waals surface area contributed by atoms with Crippen molar-refractivity contribution in [2.24, 2.45) is 0 Å². The summed E-state index contributed by atoms with van der Waals surface area (Å²) in [5.41, 5.74) is 1.33. The zero-order chi connectivity index (χ0) is 11.7. The van der Waals surface area contributed by atoms with Gasteiger partial charge in [0.2, 0.25) is 0 Å². The molecule has 1 aromatic rings. The summed E-state index contributed by atoms with van der Waals surface area (Å²) < 4.78 is 5.67. The standard InChI is InChI=1S/C14H19NO2/c16-12-5-7-15(10-12)9-11-6-8-17-14-4-2-1-3-13(11)14/h1-4,11-12,16H,5-10H2/t11?,12-/m0/s1. The summed E-state index contributed by atoms with van der Waals surface area (Å²) in [5, 5.41) is 9.56. The average molecular weight is 233 g/mol. The van der Waals surface area contributed by atoms with Crippen molar-refractivity contribution in [1.82, 2.24) is 4.90 Å². The number of hydrogen-bond acceptors (Lipinski definition) is 3. The summed E-state index contributed by atoms with van der Waals surface area (Å²) in [7, 11) is 0. The number of aliphatic hydroxyl groups is 1. The Morgan fingerprint density at radius 2 is 2.18 bits per heavy atom. The maximum absolute atomic E-state index is 9.56. The normalized spacial score (nSPS) is 28.8. The molecule has 0 radical (unpaired) electrons. The predicted octanol–water partition coefficient (Wildman–Crippen LogP) is 1.62. The molecule has 1 saturated heterocycles. The van der Waals surface area contributed by atoms with Crippen LogP contribution in [-0.4, -0.2) is 42.4 Å². The highest BCUT2D eigenvalue weighted by Gasteiger charge is 2.27. The highest BCUT2D eigenvalue weighted by Crippen LogP contribution is 2.34. The lowest BCUT2D eigenvalue weighted by Gasteiger charge is -2.29. The Hall–Kier alpha value is -1.06. The molecule has 0 amide bonds. The second-order valence-electron chi connectivity index (χ2n) is 5.07. The van der Waals surface area contributed by atoms with Gasteiger partial charge in [-0.2, -0.15) is 0 Å². The number of aliphatic hydroxyl groups excluding tert-OH is 1. The fourth-order valence-corrected chi connectivity index (χ4v) is 2.90. The van der Waals surface area contributed by atoms with E-state index in [2.05, 4.69) is 23.1 Å². The third-order valence-electron chi connectivity index (χ3n) is 3.81. The van der Waals surface area contributed by atoms with Crippen LogP contribution in [0.15, 0.2) is 24.3 Å². The molecule has 3 heteroatoms. The topological polar surface area (TPSA) is 32.7 Å². The number of β-amino-alcohol motifs (C(OH)–C–C–N with tert-alkyl or cyclic N) is 1. The summed E-state index contributed by atoms with van der Waals surface area (Å²) in [6.45, 7) is 3.73. The number of fused-ring (bicyclic) bond motifs is 1. The number of rotatable bonds is 2. The van der Waals surface area contributed by atoms with Crippen molar-refractivity contribution >= 4 is 0 Å². The fourth-order valence-electron chi connectivity index (χ4n) is 2.90. The van der Waals surface area contributed by atoms with E-state index >= 15 is 0 Å². The Morgan fingerprint density at radius 1 is 1.29 bits per heavy atom. The molecule has 92 valence electrons. The highest BCUT2D eigenvalue weighted by atomic mass is 16.5. The van der Waals surface area contributed by atoms with E-state index in [-0.39, 0.29) is 6.10 Å². The molecule has 1 fully saturated rings. The summed E-state index contributed by atoms with van der Waals surface area (Å²) >= 11 is 0. The van der Waals surface area contributed by atoms with E-state index in [1.54, 1.807) is 0 Å². The predicted molar refractivity (Wildman–Crippen MR) is 66.4 cm³/mol. The van der Waals surface area contributed by atoms with Crippen molar-refractivity contribution < 1.29 is 9.84 Å². The summed E-state index contributed by atoms with van der Waals surface area (Å²) in [6, 6.07) is 8.34. The average Bonchev–Trinajstić information content (AvgIpc) is 2.75. The van der Waals surface area contributed by atoms with Gasteiger partial charge < -0.3 is 14.7 Å². The van der Waals surface area contributed by atoms with E-state index in [9.17, 15) is 5.11 Å². The minimum atomic E-state index is -0.120. The molecule has 2 heterocycles. The molecule has 0 bridgehead atoms. The summed E-state index contributed by atoms with van der Waals surface area (Å²) in [4.78, 5) is 2.37. The molecule has 17 heavy (non-hydrogen) atoms. The van der Waals surface area contributed by atoms with Crippen molar-refractivity contribution in [3.8, 4) is 5.75 Å². The first-order valence-electron chi connectivity index (χ1n) is 6.45. The van der Waals surface area contributed by atoms with Gasteiger partial charge in [-0.1, -0.05) is 18.2 Å². The Morgan fingerprint density at radius 3 is 3.00 bits per heavy atom. The van der Waals surface area contributed by atoms with Gasteiger partial charge >= 0.3 is 0 Å². The van der Waals surface area contributed by atoms with Crippen LogP contribution in [0.1, 0.15) is 24.3 Å². The van der Waals surface area contributed by atoms with E-state index < -0.39 is 0 Å². The van der Waals surface area contributed by atoms with Crippen molar-refractivity contribution in [3.05, 3.63) is 29.8 Å². The third kappa shape index (κ3) is 2.31. The van der Waals surface area contributed by atoms with Crippen molar-refractivity contribution in [3.63, 3.8) is 0 Å². The molecule has 0 aromatic heterocycles. The zero-order valence-electron chi connectivity index (χ0n) is 10.0. The van der Waals surface area contributed by atoms with Crippen LogP contribution in [-0.2, 0) is 0 Å². The lowest BCUT2D eigenvalue weighted by molar-refractivity contribution is 0.169. The highest BCUT2D eigenvalue weighted by molar-refractivity contribution is 5.37. The molecular formula is C14H19NO2. The Balaban J connectivity index is 1.72. The van der Waals surface area contributed by atoms with E-state index in [0.29, 0.717) is 5.92 Å². The molecule has 0 aliphatic carbocycles. The number of nitrogens with zero attached hydrogens (tertiary/aromatic N) is 1. The van der Waals surface area contributed by atoms with Crippen LogP contribution in [0.4, 0.5) is 0 Å². The smallest absolute Gasteiger partial charge is 0.122 e. The number of ether oxygens (including phenoxy) is 1. The minimum absolute atomic E-state index is 0.120. The molecule has 1 aromatic carbocycles. The first kappa shape index (κ1) is 11.1. The Labute approximate surface area is 102 Å². The molecule has 0 saturated carbocycles. The van der Waals surface area contributed by atoms with Crippen LogP contribution in [0.5, 0.6) is 5.75 Å². The van der Waals surface area contributed by atoms with Crippen molar-refractivity contribution in [2.75, 3.05) is 26.2 Å². The van der Waals surface area contributed by atoms with Crippen LogP contribution >= 0.6 is 0 Å². The van der Waals surface area contributed by atoms with Gasteiger partial charge in [0.25, 0.3) is 0 Å².